The molecule has 0 amide bonds. The number of nitriles is 1. The van der Waals surface area contributed by atoms with Crippen LogP contribution < -0.4 is 4.90 Å². The largest absolute Gasteiger partial charge is 0.394 e. The van der Waals surface area contributed by atoms with Gasteiger partial charge in [-0.3, -0.25) is 0 Å². The van der Waals surface area contributed by atoms with E-state index in [4.69, 9.17) is 10.4 Å². The lowest BCUT2D eigenvalue weighted by molar-refractivity contribution is 0.101. The van der Waals surface area contributed by atoms with Gasteiger partial charge in [0.25, 0.3) is 0 Å². The van der Waals surface area contributed by atoms with Gasteiger partial charge in [0, 0.05) is 19.3 Å². The third-order valence-corrected chi connectivity index (χ3v) is 2.13. The molecule has 0 saturated carbocycles. The van der Waals surface area contributed by atoms with Gasteiger partial charge < -0.3 is 15.1 Å². The standard InChI is InChI=1S/C11H14N2O2/c1-13(7-11(15)8-14)10-4-2-9(6-12)3-5-10/h2-5,11,14-15H,7-8H2,1H3. The normalized spacial score (nSPS) is 11.9. The second-order valence-electron chi connectivity index (χ2n) is 3.38. The first-order valence-electron chi connectivity index (χ1n) is 4.67. The Morgan fingerprint density at radius 3 is 2.47 bits per heavy atom. The minimum atomic E-state index is -0.745. The van der Waals surface area contributed by atoms with Gasteiger partial charge in [0.15, 0.2) is 0 Å². The van der Waals surface area contributed by atoms with E-state index in [-0.39, 0.29) is 6.61 Å². The predicted octanol–water partition coefficient (Wildman–Crippen LogP) is 0.348. The number of aliphatic hydroxyl groups is 2. The average molecular weight is 206 g/mol. The topological polar surface area (TPSA) is 67.5 Å². The molecular formula is C11H14N2O2. The maximum Gasteiger partial charge on any atom is 0.0991 e. The lowest BCUT2D eigenvalue weighted by Gasteiger charge is -2.21. The SMILES string of the molecule is CN(CC(O)CO)c1ccc(C#N)cc1. The molecule has 2 N–H and O–H groups in total. The fourth-order valence-electron chi connectivity index (χ4n) is 1.27. The third kappa shape index (κ3) is 3.24. The van der Waals surface area contributed by atoms with Crippen molar-refractivity contribution in [1.82, 2.24) is 0 Å². The Balaban J connectivity index is 2.66. The predicted molar refractivity (Wildman–Crippen MR) is 57.5 cm³/mol. The summed E-state index contributed by atoms with van der Waals surface area (Å²) in [4.78, 5) is 1.82. The molecule has 0 spiro atoms. The first-order valence-corrected chi connectivity index (χ1v) is 4.67. The number of hydrogen-bond donors (Lipinski definition) is 2. The highest BCUT2D eigenvalue weighted by Gasteiger charge is 2.07. The van der Waals surface area contributed by atoms with E-state index in [0.717, 1.165) is 5.69 Å². The van der Waals surface area contributed by atoms with E-state index < -0.39 is 6.10 Å². The maximum atomic E-state index is 9.25. The smallest absolute Gasteiger partial charge is 0.0991 e. The molecule has 1 rings (SSSR count). The Labute approximate surface area is 89.0 Å². The van der Waals surface area contributed by atoms with Gasteiger partial charge in [0.05, 0.1) is 24.3 Å². The second-order valence-corrected chi connectivity index (χ2v) is 3.38. The van der Waals surface area contributed by atoms with E-state index >= 15 is 0 Å². The quantitative estimate of drug-likeness (QED) is 0.745. The number of likely N-dealkylation sites (N-methyl/N-ethyl adjacent to an activating group) is 1. The summed E-state index contributed by atoms with van der Waals surface area (Å²) in [6.45, 7) is 0.114. The average Bonchev–Trinajstić information content (AvgIpc) is 2.29. The van der Waals surface area contributed by atoms with Crippen LogP contribution in [-0.2, 0) is 0 Å². The van der Waals surface area contributed by atoms with Crippen LogP contribution in [0.15, 0.2) is 24.3 Å². The molecule has 0 bridgehead atoms. The fourth-order valence-corrected chi connectivity index (χ4v) is 1.27. The van der Waals surface area contributed by atoms with Crippen LogP contribution in [0.4, 0.5) is 5.69 Å². The van der Waals surface area contributed by atoms with Crippen molar-refractivity contribution in [3.8, 4) is 6.07 Å². The molecule has 80 valence electrons. The summed E-state index contributed by atoms with van der Waals surface area (Å²) in [5.41, 5.74) is 1.51. The van der Waals surface area contributed by atoms with Gasteiger partial charge in [-0.25, -0.2) is 0 Å². The van der Waals surface area contributed by atoms with Crippen molar-refractivity contribution in [3.05, 3.63) is 29.8 Å². The molecular weight excluding hydrogens is 192 g/mol. The first kappa shape index (κ1) is 11.5. The Morgan fingerprint density at radius 1 is 1.40 bits per heavy atom. The molecule has 0 aliphatic carbocycles. The first-order chi connectivity index (χ1) is 7.17. The van der Waals surface area contributed by atoms with Crippen LogP contribution >= 0.6 is 0 Å². The molecule has 0 aromatic heterocycles. The molecule has 4 nitrogen and oxygen atoms in total. The number of anilines is 1. The van der Waals surface area contributed by atoms with Crippen LogP contribution in [0.1, 0.15) is 5.56 Å². The molecule has 1 atom stereocenters. The van der Waals surface area contributed by atoms with E-state index in [9.17, 15) is 5.11 Å². The summed E-state index contributed by atoms with van der Waals surface area (Å²) in [7, 11) is 1.82. The molecule has 1 unspecified atom stereocenters. The number of hydrogen-bond acceptors (Lipinski definition) is 4. The van der Waals surface area contributed by atoms with E-state index in [2.05, 4.69) is 0 Å². The number of nitrogens with zero attached hydrogens (tertiary/aromatic N) is 2. The summed E-state index contributed by atoms with van der Waals surface area (Å²) < 4.78 is 0. The van der Waals surface area contributed by atoms with E-state index in [0.29, 0.717) is 12.1 Å². The lowest BCUT2D eigenvalue weighted by Crippen LogP contribution is -2.31. The van der Waals surface area contributed by atoms with Crippen molar-refractivity contribution in [1.29, 1.82) is 5.26 Å². The van der Waals surface area contributed by atoms with Gasteiger partial charge in [0.2, 0.25) is 0 Å². The number of benzene rings is 1. The van der Waals surface area contributed by atoms with Gasteiger partial charge >= 0.3 is 0 Å². The third-order valence-electron chi connectivity index (χ3n) is 2.13. The van der Waals surface area contributed by atoms with Gasteiger partial charge in [-0.2, -0.15) is 5.26 Å². The Kier molecular flexibility index (Phi) is 4.10. The Morgan fingerprint density at radius 2 is 2.00 bits per heavy atom. The molecule has 0 aliphatic rings. The fraction of sp³-hybridized carbons (Fsp3) is 0.364. The highest BCUT2D eigenvalue weighted by molar-refractivity contribution is 5.49. The van der Waals surface area contributed by atoms with Crippen molar-refractivity contribution in [2.75, 3.05) is 25.1 Å². The molecule has 4 heteroatoms. The Bertz CT molecular complexity index is 343. The zero-order valence-corrected chi connectivity index (χ0v) is 8.59. The molecule has 0 heterocycles. The van der Waals surface area contributed by atoms with Crippen molar-refractivity contribution >= 4 is 5.69 Å². The zero-order chi connectivity index (χ0) is 11.3. The summed E-state index contributed by atoms with van der Waals surface area (Å²) in [5.74, 6) is 0. The van der Waals surface area contributed by atoms with Crippen LogP contribution in [0.3, 0.4) is 0 Å². The monoisotopic (exact) mass is 206 g/mol. The van der Waals surface area contributed by atoms with Crippen LogP contribution in [0.5, 0.6) is 0 Å². The van der Waals surface area contributed by atoms with Crippen molar-refractivity contribution in [3.63, 3.8) is 0 Å². The van der Waals surface area contributed by atoms with E-state index in [1.165, 1.54) is 0 Å². The van der Waals surface area contributed by atoms with Crippen LogP contribution in [0.2, 0.25) is 0 Å². The molecule has 0 fully saturated rings. The lowest BCUT2D eigenvalue weighted by atomic mass is 10.2. The number of aliphatic hydroxyl groups excluding tert-OH is 2. The maximum absolute atomic E-state index is 9.25. The summed E-state index contributed by atoms with van der Waals surface area (Å²) in [5, 5.41) is 26.6. The molecule has 1 aromatic carbocycles. The van der Waals surface area contributed by atoms with Gasteiger partial charge in [-0.1, -0.05) is 0 Å². The van der Waals surface area contributed by atoms with Crippen molar-refractivity contribution in [2.24, 2.45) is 0 Å². The van der Waals surface area contributed by atoms with Crippen LogP contribution in [0, 0.1) is 11.3 Å². The molecule has 0 saturated heterocycles. The van der Waals surface area contributed by atoms with E-state index in [1.807, 2.05) is 30.1 Å². The molecule has 0 radical (unpaired) electrons. The van der Waals surface area contributed by atoms with Crippen molar-refractivity contribution in [2.45, 2.75) is 6.10 Å². The van der Waals surface area contributed by atoms with Gasteiger partial charge in [-0.15, -0.1) is 0 Å². The summed E-state index contributed by atoms with van der Waals surface area (Å²) >= 11 is 0. The zero-order valence-electron chi connectivity index (χ0n) is 8.59. The van der Waals surface area contributed by atoms with Crippen LogP contribution in [-0.4, -0.2) is 36.5 Å². The summed E-state index contributed by atoms with van der Waals surface area (Å²) in [6.07, 6.45) is -0.745. The van der Waals surface area contributed by atoms with Gasteiger partial charge in [-0.05, 0) is 24.3 Å². The Hall–Kier alpha value is -1.57. The van der Waals surface area contributed by atoms with Gasteiger partial charge in [0.1, 0.15) is 0 Å². The second kappa shape index (κ2) is 5.35. The van der Waals surface area contributed by atoms with E-state index in [1.54, 1.807) is 12.1 Å². The van der Waals surface area contributed by atoms with Crippen LogP contribution in [0.25, 0.3) is 0 Å². The van der Waals surface area contributed by atoms with Crippen molar-refractivity contribution < 1.29 is 10.2 Å². The molecule has 1 aromatic rings. The molecule has 0 aliphatic heterocycles. The highest BCUT2D eigenvalue weighted by Crippen LogP contribution is 2.13. The molecule has 15 heavy (non-hydrogen) atoms. The summed E-state index contributed by atoms with van der Waals surface area (Å²) in [6, 6.07) is 9.09. The number of rotatable bonds is 4. The minimum Gasteiger partial charge on any atom is -0.394 e. The minimum absolute atomic E-state index is 0.249. The highest BCUT2D eigenvalue weighted by atomic mass is 16.3.